The summed E-state index contributed by atoms with van der Waals surface area (Å²) in [6.45, 7) is 5.07. The zero-order chi connectivity index (χ0) is 12.1. The predicted molar refractivity (Wildman–Crippen MR) is 67.3 cm³/mol. The summed E-state index contributed by atoms with van der Waals surface area (Å²) in [4.78, 5) is 11.2. The third-order valence-electron chi connectivity index (χ3n) is 2.39. The second-order valence-electron chi connectivity index (χ2n) is 4.24. The molecule has 0 fully saturated rings. The summed E-state index contributed by atoms with van der Waals surface area (Å²) < 4.78 is 0. The van der Waals surface area contributed by atoms with Crippen LogP contribution in [0.25, 0.3) is 0 Å². The molecular weight excluding hydrogens is 202 g/mol. The van der Waals surface area contributed by atoms with E-state index in [0.717, 1.165) is 13.0 Å². The molecule has 0 aliphatic rings. The number of para-hydroxylation sites is 1. The Morgan fingerprint density at radius 2 is 2.12 bits per heavy atom. The molecule has 0 radical (unpaired) electrons. The number of hydrogen-bond donors (Lipinski definition) is 3. The Bertz CT molecular complexity index is 375. The Morgan fingerprint density at radius 3 is 2.69 bits per heavy atom. The standard InChI is InChI=1S/C12H19N3O/c1-8(2)6-7-15-11-9(12(14)16)4-3-5-10(11)13/h3-5,8,15H,6-7,13H2,1-2H3,(H2,14,16). The van der Waals surface area contributed by atoms with E-state index in [1.54, 1.807) is 18.2 Å². The Kier molecular flexibility index (Phi) is 4.17. The van der Waals surface area contributed by atoms with Crippen LogP contribution in [0.3, 0.4) is 0 Å². The molecular formula is C12H19N3O. The van der Waals surface area contributed by atoms with Crippen molar-refractivity contribution in [2.45, 2.75) is 20.3 Å². The normalized spacial score (nSPS) is 10.4. The lowest BCUT2D eigenvalue weighted by molar-refractivity contribution is 0.100. The van der Waals surface area contributed by atoms with E-state index in [0.29, 0.717) is 22.9 Å². The number of nitrogen functional groups attached to an aromatic ring is 1. The number of carbonyl (C=O) groups is 1. The van der Waals surface area contributed by atoms with Crippen LogP contribution in [0.15, 0.2) is 18.2 Å². The topological polar surface area (TPSA) is 81.1 Å². The second kappa shape index (κ2) is 5.39. The molecule has 0 spiro atoms. The van der Waals surface area contributed by atoms with Gasteiger partial charge in [0.2, 0.25) is 0 Å². The van der Waals surface area contributed by atoms with Crippen molar-refractivity contribution in [3.05, 3.63) is 23.8 Å². The quantitative estimate of drug-likeness (QED) is 0.663. The number of amides is 1. The third-order valence-corrected chi connectivity index (χ3v) is 2.39. The smallest absolute Gasteiger partial charge is 0.250 e. The monoisotopic (exact) mass is 221 g/mol. The Balaban J connectivity index is 2.80. The van der Waals surface area contributed by atoms with Gasteiger partial charge in [0, 0.05) is 6.54 Å². The van der Waals surface area contributed by atoms with Gasteiger partial charge in [-0.2, -0.15) is 0 Å². The van der Waals surface area contributed by atoms with E-state index in [4.69, 9.17) is 11.5 Å². The maximum atomic E-state index is 11.2. The van der Waals surface area contributed by atoms with Crippen LogP contribution >= 0.6 is 0 Å². The maximum absolute atomic E-state index is 11.2. The predicted octanol–water partition coefficient (Wildman–Crippen LogP) is 1.83. The molecule has 88 valence electrons. The van der Waals surface area contributed by atoms with Crippen molar-refractivity contribution in [1.82, 2.24) is 0 Å². The first-order chi connectivity index (χ1) is 7.52. The van der Waals surface area contributed by atoms with E-state index in [-0.39, 0.29) is 0 Å². The van der Waals surface area contributed by atoms with Gasteiger partial charge in [-0.3, -0.25) is 4.79 Å². The average Bonchev–Trinajstić information content (AvgIpc) is 2.19. The van der Waals surface area contributed by atoms with Crippen LogP contribution in [0.4, 0.5) is 11.4 Å². The van der Waals surface area contributed by atoms with Crippen molar-refractivity contribution in [3.63, 3.8) is 0 Å². The molecule has 0 heterocycles. The summed E-state index contributed by atoms with van der Waals surface area (Å²) in [5, 5.41) is 3.17. The van der Waals surface area contributed by atoms with Crippen LogP contribution < -0.4 is 16.8 Å². The van der Waals surface area contributed by atoms with Gasteiger partial charge < -0.3 is 16.8 Å². The minimum Gasteiger partial charge on any atom is -0.397 e. The number of carbonyl (C=O) groups excluding carboxylic acids is 1. The van der Waals surface area contributed by atoms with E-state index < -0.39 is 5.91 Å². The first-order valence-corrected chi connectivity index (χ1v) is 5.44. The SMILES string of the molecule is CC(C)CCNc1c(N)cccc1C(N)=O. The van der Waals surface area contributed by atoms with Crippen molar-refractivity contribution in [2.24, 2.45) is 11.7 Å². The molecule has 4 nitrogen and oxygen atoms in total. The molecule has 0 saturated carbocycles. The van der Waals surface area contributed by atoms with Gasteiger partial charge in [-0.15, -0.1) is 0 Å². The minimum absolute atomic E-state index is 0.448. The Morgan fingerprint density at radius 1 is 1.44 bits per heavy atom. The highest BCUT2D eigenvalue weighted by Gasteiger charge is 2.10. The van der Waals surface area contributed by atoms with Crippen molar-refractivity contribution >= 4 is 17.3 Å². The first kappa shape index (κ1) is 12.4. The van der Waals surface area contributed by atoms with Gasteiger partial charge >= 0.3 is 0 Å². The lowest BCUT2D eigenvalue weighted by Crippen LogP contribution is -2.16. The van der Waals surface area contributed by atoms with E-state index >= 15 is 0 Å². The lowest BCUT2D eigenvalue weighted by atomic mass is 10.1. The van der Waals surface area contributed by atoms with Gasteiger partial charge in [0.25, 0.3) is 5.91 Å². The largest absolute Gasteiger partial charge is 0.397 e. The number of nitrogens with one attached hydrogen (secondary N) is 1. The number of benzene rings is 1. The molecule has 16 heavy (non-hydrogen) atoms. The van der Waals surface area contributed by atoms with Gasteiger partial charge in [-0.05, 0) is 24.5 Å². The van der Waals surface area contributed by atoms with Crippen LogP contribution in [0, 0.1) is 5.92 Å². The fraction of sp³-hybridized carbons (Fsp3) is 0.417. The van der Waals surface area contributed by atoms with Gasteiger partial charge in [-0.25, -0.2) is 0 Å². The summed E-state index contributed by atoms with van der Waals surface area (Å²) in [5.41, 5.74) is 12.7. The molecule has 1 rings (SSSR count). The first-order valence-electron chi connectivity index (χ1n) is 5.44. The number of nitrogens with two attached hydrogens (primary N) is 2. The minimum atomic E-state index is -0.459. The summed E-state index contributed by atoms with van der Waals surface area (Å²) in [6.07, 6.45) is 1.02. The van der Waals surface area contributed by atoms with Gasteiger partial charge in [0.1, 0.15) is 0 Å². The summed E-state index contributed by atoms with van der Waals surface area (Å²) >= 11 is 0. The van der Waals surface area contributed by atoms with Gasteiger partial charge in [0.15, 0.2) is 0 Å². The highest BCUT2D eigenvalue weighted by molar-refractivity contribution is 6.01. The van der Waals surface area contributed by atoms with Crippen LogP contribution in [-0.2, 0) is 0 Å². The molecule has 0 bridgehead atoms. The zero-order valence-electron chi connectivity index (χ0n) is 9.79. The fourth-order valence-electron chi connectivity index (χ4n) is 1.46. The highest BCUT2D eigenvalue weighted by Crippen LogP contribution is 2.23. The average molecular weight is 221 g/mol. The molecule has 1 aromatic rings. The van der Waals surface area contributed by atoms with Crippen LogP contribution in [0.2, 0.25) is 0 Å². The van der Waals surface area contributed by atoms with Gasteiger partial charge in [0.05, 0.1) is 16.9 Å². The molecule has 0 aliphatic carbocycles. The molecule has 4 heteroatoms. The maximum Gasteiger partial charge on any atom is 0.250 e. The molecule has 0 aromatic heterocycles. The number of anilines is 2. The molecule has 5 N–H and O–H groups in total. The second-order valence-corrected chi connectivity index (χ2v) is 4.24. The molecule has 0 saturated heterocycles. The molecule has 1 amide bonds. The van der Waals surface area contributed by atoms with Crippen molar-refractivity contribution < 1.29 is 4.79 Å². The fourth-order valence-corrected chi connectivity index (χ4v) is 1.46. The number of primary amides is 1. The zero-order valence-corrected chi connectivity index (χ0v) is 9.79. The van der Waals surface area contributed by atoms with Crippen molar-refractivity contribution in [1.29, 1.82) is 0 Å². The molecule has 0 atom stereocenters. The summed E-state index contributed by atoms with van der Waals surface area (Å²) in [5.74, 6) is 0.147. The van der Waals surface area contributed by atoms with Crippen LogP contribution in [-0.4, -0.2) is 12.5 Å². The highest BCUT2D eigenvalue weighted by atomic mass is 16.1. The third kappa shape index (κ3) is 3.15. The van der Waals surface area contributed by atoms with E-state index in [2.05, 4.69) is 19.2 Å². The van der Waals surface area contributed by atoms with Crippen LogP contribution in [0.5, 0.6) is 0 Å². The molecule has 1 aromatic carbocycles. The van der Waals surface area contributed by atoms with E-state index in [9.17, 15) is 4.79 Å². The summed E-state index contributed by atoms with van der Waals surface area (Å²) in [7, 11) is 0. The van der Waals surface area contributed by atoms with E-state index in [1.807, 2.05) is 0 Å². The lowest BCUT2D eigenvalue weighted by Gasteiger charge is -2.13. The van der Waals surface area contributed by atoms with Crippen molar-refractivity contribution in [2.75, 3.05) is 17.6 Å². The number of hydrogen-bond acceptors (Lipinski definition) is 3. The summed E-state index contributed by atoms with van der Waals surface area (Å²) in [6, 6.07) is 5.16. The Labute approximate surface area is 96.0 Å². The van der Waals surface area contributed by atoms with E-state index in [1.165, 1.54) is 0 Å². The van der Waals surface area contributed by atoms with Crippen LogP contribution in [0.1, 0.15) is 30.6 Å². The molecule has 0 unspecified atom stereocenters. The Hall–Kier alpha value is -1.71. The van der Waals surface area contributed by atoms with Gasteiger partial charge in [-0.1, -0.05) is 19.9 Å². The molecule has 0 aliphatic heterocycles. The van der Waals surface area contributed by atoms with Crippen molar-refractivity contribution in [3.8, 4) is 0 Å². The number of rotatable bonds is 5.